The van der Waals surface area contributed by atoms with Crippen molar-refractivity contribution in [1.82, 2.24) is 0 Å². The summed E-state index contributed by atoms with van der Waals surface area (Å²) in [6.45, 7) is 10.2. The van der Waals surface area contributed by atoms with Gasteiger partial charge >= 0.3 is 0 Å². The summed E-state index contributed by atoms with van der Waals surface area (Å²) in [5, 5.41) is 9.39. The Hall–Kier alpha value is -1.57. The Labute approximate surface area is 134 Å². The molecule has 0 aliphatic carbocycles. The van der Waals surface area contributed by atoms with E-state index >= 15 is 0 Å². The van der Waals surface area contributed by atoms with Gasteiger partial charge in [-0.15, -0.1) is 0 Å². The average Bonchev–Trinajstić information content (AvgIpc) is 2.96. The van der Waals surface area contributed by atoms with Crippen LogP contribution in [-0.4, -0.2) is 32.8 Å². The smallest absolute Gasteiger partial charge is 0.101 e. The highest BCUT2D eigenvalue weighted by molar-refractivity contribution is 5.68. The molecule has 0 atom stereocenters. The van der Waals surface area contributed by atoms with Crippen LogP contribution >= 0.6 is 0 Å². The molecule has 1 aromatic carbocycles. The van der Waals surface area contributed by atoms with Gasteiger partial charge < -0.3 is 15.4 Å². The van der Waals surface area contributed by atoms with Crippen LogP contribution in [0.1, 0.15) is 43.9 Å². The van der Waals surface area contributed by atoms with Crippen LogP contribution < -0.4 is 10.6 Å². The van der Waals surface area contributed by atoms with Crippen molar-refractivity contribution in [3.63, 3.8) is 0 Å². The first-order valence-electron chi connectivity index (χ1n) is 8.38. The van der Waals surface area contributed by atoms with Crippen molar-refractivity contribution in [2.24, 2.45) is 5.73 Å². The number of ether oxygens (including phenoxy) is 1. The fourth-order valence-electron chi connectivity index (χ4n) is 2.81. The second-order valence-electron chi connectivity index (χ2n) is 5.09. The van der Waals surface area contributed by atoms with Gasteiger partial charge in [-0.05, 0) is 49.9 Å². The normalized spacial score (nSPS) is 12.4. The molecule has 0 aromatic heterocycles. The van der Waals surface area contributed by atoms with Gasteiger partial charge in [0.1, 0.15) is 6.07 Å². The quantitative estimate of drug-likeness (QED) is 0.787. The van der Waals surface area contributed by atoms with Gasteiger partial charge in [0.15, 0.2) is 0 Å². The van der Waals surface area contributed by atoms with E-state index in [1.807, 2.05) is 26.8 Å². The molecule has 0 unspecified atom stereocenters. The Morgan fingerprint density at radius 2 is 2.14 bits per heavy atom. The molecule has 1 aliphatic heterocycles. The van der Waals surface area contributed by atoms with Crippen LogP contribution in [-0.2, 0) is 17.6 Å². The first kappa shape index (κ1) is 18.5. The number of benzene rings is 1. The Morgan fingerprint density at radius 1 is 1.36 bits per heavy atom. The second-order valence-corrected chi connectivity index (χ2v) is 5.09. The third kappa shape index (κ3) is 4.72. The van der Waals surface area contributed by atoms with E-state index < -0.39 is 0 Å². The topological polar surface area (TPSA) is 62.3 Å². The highest BCUT2D eigenvalue weighted by Gasteiger charge is 2.22. The van der Waals surface area contributed by atoms with Crippen molar-refractivity contribution < 1.29 is 4.74 Å². The Morgan fingerprint density at radius 3 is 2.77 bits per heavy atom. The van der Waals surface area contributed by atoms with Gasteiger partial charge in [-0.1, -0.05) is 19.9 Å². The van der Waals surface area contributed by atoms with E-state index in [1.165, 1.54) is 11.1 Å². The van der Waals surface area contributed by atoms with Gasteiger partial charge in [-0.3, -0.25) is 0 Å². The van der Waals surface area contributed by atoms with Gasteiger partial charge in [0.2, 0.25) is 0 Å². The third-order valence-electron chi connectivity index (χ3n) is 3.69. The van der Waals surface area contributed by atoms with Crippen molar-refractivity contribution in [3.8, 4) is 6.07 Å². The fraction of sp³-hybridized carbons (Fsp3) is 0.611. The largest absolute Gasteiger partial charge is 0.382 e. The number of hydrogen-bond acceptors (Lipinski definition) is 4. The first-order valence-corrected chi connectivity index (χ1v) is 8.38. The SMILES string of the molecule is CC.CCOCCCN1CCc2cc(CCN)cc(C#N)c21. The maximum atomic E-state index is 9.39. The molecule has 4 heteroatoms. The van der Waals surface area contributed by atoms with E-state index in [2.05, 4.69) is 17.0 Å². The Balaban J connectivity index is 0.00000116. The van der Waals surface area contributed by atoms with Crippen molar-refractivity contribution in [2.45, 2.75) is 40.0 Å². The monoisotopic (exact) mass is 303 g/mol. The fourth-order valence-corrected chi connectivity index (χ4v) is 2.81. The summed E-state index contributed by atoms with van der Waals surface area (Å²) in [4.78, 5) is 2.32. The zero-order chi connectivity index (χ0) is 16.4. The van der Waals surface area contributed by atoms with Gasteiger partial charge in [0, 0.05) is 26.3 Å². The lowest BCUT2D eigenvalue weighted by molar-refractivity contribution is 0.146. The van der Waals surface area contributed by atoms with Gasteiger partial charge in [-0.25, -0.2) is 0 Å². The van der Waals surface area contributed by atoms with E-state index in [0.717, 1.165) is 56.8 Å². The number of nitriles is 1. The molecule has 122 valence electrons. The molecular weight excluding hydrogens is 274 g/mol. The van der Waals surface area contributed by atoms with E-state index in [1.54, 1.807) is 0 Å². The van der Waals surface area contributed by atoms with Gasteiger partial charge in [0.25, 0.3) is 0 Å². The zero-order valence-corrected chi connectivity index (χ0v) is 14.2. The van der Waals surface area contributed by atoms with Crippen LogP contribution in [0, 0.1) is 11.3 Å². The maximum Gasteiger partial charge on any atom is 0.101 e. The number of rotatable bonds is 7. The van der Waals surface area contributed by atoms with E-state index in [0.29, 0.717) is 6.54 Å². The Kier molecular flexibility index (Phi) is 8.57. The predicted octanol–water partition coefficient (Wildman–Crippen LogP) is 2.87. The average molecular weight is 303 g/mol. The number of fused-ring (bicyclic) bond motifs is 1. The third-order valence-corrected chi connectivity index (χ3v) is 3.69. The van der Waals surface area contributed by atoms with Crippen molar-refractivity contribution in [1.29, 1.82) is 5.26 Å². The standard InChI is InChI=1S/C16H23N3O.C2H6/c1-2-20-9-3-7-19-8-5-14-10-13(4-6-17)11-15(12-18)16(14)19;1-2/h10-11H,2-9,17H2,1H3;1-2H3. The molecule has 22 heavy (non-hydrogen) atoms. The Bertz CT molecular complexity index is 494. The van der Waals surface area contributed by atoms with E-state index in [-0.39, 0.29) is 0 Å². The zero-order valence-electron chi connectivity index (χ0n) is 14.2. The summed E-state index contributed by atoms with van der Waals surface area (Å²) in [6, 6.07) is 6.55. The van der Waals surface area contributed by atoms with Crippen LogP contribution in [0.15, 0.2) is 12.1 Å². The summed E-state index contributed by atoms with van der Waals surface area (Å²) < 4.78 is 5.38. The molecule has 4 nitrogen and oxygen atoms in total. The van der Waals surface area contributed by atoms with Crippen LogP contribution in [0.3, 0.4) is 0 Å². The molecular formula is C18H29N3O. The van der Waals surface area contributed by atoms with Gasteiger partial charge in [0.05, 0.1) is 11.3 Å². The lowest BCUT2D eigenvalue weighted by atomic mass is 10.0. The highest BCUT2D eigenvalue weighted by atomic mass is 16.5. The minimum absolute atomic E-state index is 0.627. The highest BCUT2D eigenvalue weighted by Crippen LogP contribution is 2.33. The maximum absolute atomic E-state index is 9.39. The second kappa shape index (κ2) is 10.2. The lowest BCUT2D eigenvalue weighted by Gasteiger charge is -2.20. The minimum Gasteiger partial charge on any atom is -0.382 e. The minimum atomic E-state index is 0.627. The molecule has 0 fully saturated rings. The molecule has 0 amide bonds. The molecule has 0 saturated heterocycles. The van der Waals surface area contributed by atoms with Crippen LogP contribution in [0.4, 0.5) is 5.69 Å². The molecule has 1 aromatic rings. The molecule has 2 rings (SSSR count). The predicted molar refractivity (Wildman–Crippen MR) is 92.3 cm³/mol. The summed E-state index contributed by atoms with van der Waals surface area (Å²) in [5.74, 6) is 0. The summed E-state index contributed by atoms with van der Waals surface area (Å²) in [5.41, 5.74) is 10.0. The molecule has 0 spiro atoms. The lowest BCUT2D eigenvalue weighted by Crippen LogP contribution is -2.23. The van der Waals surface area contributed by atoms with Crippen molar-refractivity contribution in [3.05, 3.63) is 28.8 Å². The number of nitrogens with two attached hydrogens (primary N) is 1. The molecule has 2 N–H and O–H groups in total. The molecule has 0 saturated carbocycles. The number of hydrogen-bond donors (Lipinski definition) is 1. The van der Waals surface area contributed by atoms with Gasteiger partial charge in [-0.2, -0.15) is 5.26 Å². The first-order chi connectivity index (χ1) is 10.8. The van der Waals surface area contributed by atoms with Crippen molar-refractivity contribution >= 4 is 5.69 Å². The molecule has 1 aliphatic rings. The summed E-state index contributed by atoms with van der Waals surface area (Å²) >= 11 is 0. The number of anilines is 1. The van der Waals surface area contributed by atoms with E-state index in [9.17, 15) is 5.26 Å². The summed E-state index contributed by atoms with van der Waals surface area (Å²) in [6.07, 6.45) is 2.87. The van der Waals surface area contributed by atoms with Crippen molar-refractivity contribution in [2.75, 3.05) is 37.7 Å². The molecule has 1 heterocycles. The van der Waals surface area contributed by atoms with Crippen LogP contribution in [0.25, 0.3) is 0 Å². The van der Waals surface area contributed by atoms with Crippen LogP contribution in [0.2, 0.25) is 0 Å². The summed E-state index contributed by atoms with van der Waals surface area (Å²) in [7, 11) is 0. The van der Waals surface area contributed by atoms with Crippen LogP contribution in [0.5, 0.6) is 0 Å². The molecule has 0 bridgehead atoms. The molecule has 0 radical (unpaired) electrons. The number of nitrogens with zero attached hydrogens (tertiary/aromatic N) is 2. The van der Waals surface area contributed by atoms with E-state index in [4.69, 9.17) is 10.5 Å².